The van der Waals surface area contributed by atoms with Crippen molar-refractivity contribution in [1.82, 2.24) is 0 Å². The summed E-state index contributed by atoms with van der Waals surface area (Å²) in [5, 5.41) is 0. The Hall–Kier alpha value is -0.0000000000000000208. The predicted molar refractivity (Wildman–Crippen MR) is 73.6 cm³/mol. The molecule has 0 N–H and O–H groups in total. The van der Waals surface area contributed by atoms with Gasteiger partial charge < -0.3 is 14.6 Å². The lowest BCUT2D eigenvalue weighted by atomic mass is 10.2. The Balaban J connectivity index is 4.26. The summed E-state index contributed by atoms with van der Waals surface area (Å²) >= 11 is -2.85. The molecule has 2 atom stereocenters. The number of hydrogen-bond donors (Lipinski definition) is 0. The molecule has 0 aliphatic carbocycles. The molecule has 0 amide bonds. The van der Waals surface area contributed by atoms with Gasteiger partial charge in [0.1, 0.15) is 33.9 Å². The average molecular weight is 278 g/mol. The van der Waals surface area contributed by atoms with Crippen LogP contribution in [0, 0.1) is 11.8 Å². The van der Waals surface area contributed by atoms with Gasteiger partial charge in [0, 0.05) is 0 Å². The van der Waals surface area contributed by atoms with Gasteiger partial charge in [-0.25, -0.2) is 0 Å². The average Bonchev–Trinajstić information content (AvgIpc) is 2.24. The summed E-state index contributed by atoms with van der Waals surface area (Å²) in [4.78, 5) is 2.96. The SMILES string of the molecule is CC(C)CC[S+]([O-])C(=[N+]=[N-])[S+]([O-])CCC(C)C. The molecule has 0 radical (unpaired) electrons. The molecular weight excluding hydrogens is 256 g/mol. The van der Waals surface area contributed by atoms with E-state index in [9.17, 15) is 9.11 Å². The van der Waals surface area contributed by atoms with E-state index in [1.807, 2.05) is 27.7 Å². The summed E-state index contributed by atoms with van der Waals surface area (Å²) in [6.07, 6.45) is 1.54. The fraction of sp³-hybridized carbons (Fsp3) is 0.909. The van der Waals surface area contributed by atoms with Gasteiger partial charge in [0.05, 0.1) is 0 Å². The fourth-order valence-electron chi connectivity index (χ4n) is 1.05. The molecule has 0 rings (SSSR count). The lowest BCUT2D eigenvalue weighted by Gasteiger charge is -2.09. The second kappa shape index (κ2) is 9.00. The topological polar surface area (TPSA) is 82.5 Å². The first-order valence-corrected chi connectivity index (χ1v) is 8.51. The molecule has 0 fully saturated rings. The van der Waals surface area contributed by atoms with Gasteiger partial charge in [-0.15, -0.1) is 0 Å². The van der Waals surface area contributed by atoms with Crippen LogP contribution in [0.25, 0.3) is 5.53 Å². The van der Waals surface area contributed by atoms with Crippen molar-refractivity contribution in [2.75, 3.05) is 11.5 Å². The quantitative estimate of drug-likeness (QED) is 0.245. The van der Waals surface area contributed by atoms with Crippen LogP contribution in [-0.4, -0.2) is 29.8 Å². The summed E-state index contributed by atoms with van der Waals surface area (Å²) in [6.45, 7) is 8.12. The van der Waals surface area contributed by atoms with Crippen LogP contribution in [0.4, 0.5) is 0 Å². The van der Waals surface area contributed by atoms with Gasteiger partial charge >= 0.3 is 4.38 Å². The van der Waals surface area contributed by atoms with Crippen molar-refractivity contribution in [3.8, 4) is 0 Å². The second-order valence-electron chi connectivity index (χ2n) is 4.83. The molecule has 0 saturated heterocycles. The van der Waals surface area contributed by atoms with E-state index in [1.54, 1.807) is 0 Å². The largest absolute Gasteiger partial charge is 0.655 e. The molecule has 0 spiro atoms. The van der Waals surface area contributed by atoms with E-state index in [4.69, 9.17) is 5.53 Å². The highest BCUT2D eigenvalue weighted by Gasteiger charge is 2.39. The Morgan fingerprint density at radius 2 is 1.35 bits per heavy atom. The first kappa shape index (κ1) is 17.0. The van der Waals surface area contributed by atoms with Gasteiger partial charge in [0.15, 0.2) is 0 Å². The lowest BCUT2D eigenvalue weighted by Crippen LogP contribution is -2.30. The van der Waals surface area contributed by atoms with Crippen LogP contribution < -0.4 is 0 Å². The molecule has 17 heavy (non-hydrogen) atoms. The van der Waals surface area contributed by atoms with Gasteiger partial charge in [0.25, 0.3) is 0 Å². The molecule has 6 heteroatoms. The summed E-state index contributed by atoms with van der Waals surface area (Å²) in [5.41, 5.74) is 8.80. The van der Waals surface area contributed by atoms with Crippen molar-refractivity contribution in [3.63, 3.8) is 0 Å². The molecule has 0 saturated carbocycles. The van der Waals surface area contributed by atoms with Crippen LogP contribution in [0.2, 0.25) is 0 Å². The van der Waals surface area contributed by atoms with E-state index in [1.165, 1.54) is 0 Å². The molecule has 100 valence electrons. The maximum atomic E-state index is 11.8. The van der Waals surface area contributed by atoms with E-state index in [2.05, 4.69) is 4.79 Å². The van der Waals surface area contributed by atoms with E-state index >= 15 is 0 Å². The molecule has 0 aliphatic heterocycles. The molecule has 0 bridgehead atoms. The minimum Gasteiger partial charge on any atom is -0.602 e. The molecular formula is C11H22N2O2S2. The molecule has 0 aromatic rings. The molecule has 0 heterocycles. The smallest absolute Gasteiger partial charge is 0.602 e. The van der Waals surface area contributed by atoms with Gasteiger partial charge in [-0.3, -0.25) is 0 Å². The van der Waals surface area contributed by atoms with Crippen molar-refractivity contribution >= 4 is 26.7 Å². The van der Waals surface area contributed by atoms with Crippen LogP contribution in [0.15, 0.2) is 0 Å². The second-order valence-corrected chi connectivity index (χ2v) is 8.06. The maximum absolute atomic E-state index is 11.8. The highest BCUT2D eigenvalue weighted by atomic mass is 32.3. The number of rotatable bonds is 6. The third-order valence-corrected chi connectivity index (χ3v) is 5.50. The van der Waals surface area contributed by atoms with Gasteiger partial charge in [-0.1, -0.05) is 32.5 Å². The Morgan fingerprint density at radius 1 is 1.00 bits per heavy atom. The van der Waals surface area contributed by atoms with E-state index in [0.717, 1.165) is 12.8 Å². The monoisotopic (exact) mass is 278 g/mol. The van der Waals surface area contributed by atoms with Gasteiger partial charge in [0.2, 0.25) is 0 Å². The molecule has 2 unspecified atom stereocenters. The fourth-order valence-corrected chi connectivity index (χ4v) is 4.29. The minimum absolute atomic E-state index is 0.0636. The maximum Gasteiger partial charge on any atom is 0.655 e. The van der Waals surface area contributed by atoms with Gasteiger partial charge in [-0.05, 0) is 24.7 Å². The zero-order valence-electron chi connectivity index (χ0n) is 11.0. The van der Waals surface area contributed by atoms with Crippen molar-refractivity contribution in [2.45, 2.75) is 40.5 Å². The predicted octanol–water partition coefficient (Wildman–Crippen LogP) is 2.16. The third-order valence-electron chi connectivity index (χ3n) is 2.23. The molecule has 4 nitrogen and oxygen atoms in total. The van der Waals surface area contributed by atoms with Crippen molar-refractivity contribution < 1.29 is 13.9 Å². The molecule has 0 aromatic heterocycles. The highest BCUT2D eigenvalue weighted by Crippen LogP contribution is 2.11. The summed E-state index contributed by atoms with van der Waals surface area (Å²) in [7, 11) is 0. The van der Waals surface area contributed by atoms with Crippen LogP contribution in [-0.2, 0) is 22.4 Å². The van der Waals surface area contributed by atoms with Crippen molar-refractivity contribution in [1.29, 1.82) is 0 Å². The van der Waals surface area contributed by atoms with E-state index in [-0.39, 0.29) is 4.38 Å². The lowest BCUT2D eigenvalue weighted by molar-refractivity contribution is 0.00383. The van der Waals surface area contributed by atoms with Gasteiger partial charge in [-0.2, -0.15) is 0 Å². The van der Waals surface area contributed by atoms with Crippen LogP contribution in [0.5, 0.6) is 0 Å². The Labute approximate surface area is 110 Å². The molecule has 0 aromatic carbocycles. The first-order chi connectivity index (χ1) is 7.88. The summed E-state index contributed by atoms with van der Waals surface area (Å²) in [5.74, 6) is 1.68. The van der Waals surface area contributed by atoms with Crippen LogP contribution in [0.1, 0.15) is 40.5 Å². The third kappa shape index (κ3) is 7.84. The Kier molecular flexibility index (Phi) is 9.00. The Morgan fingerprint density at radius 3 is 1.59 bits per heavy atom. The zero-order valence-corrected chi connectivity index (χ0v) is 12.6. The standard InChI is InChI=1S/C11H22N2O2S2/c1-9(2)5-7-16(14)11(13-12)17(15)8-6-10(3)4/h9-10H,5-8H2,1-4H3. The normalized spacial score (nSPS) is 14.8. The minimum atomic E-state index is -1.42. The highest BCUT2D eigenvalue weighted by molar-refractivity contribution is 8.30. The van der Waals surface area contributed by atoms with Crippen molar-refractivity contribution in [3.05, 3.63) is 5.53 Å². The Bertz CT molecular complexity index is 246. The van der Waals surface area contributed by atoms with E-state index < -0.39 is 22.4 Å². The molecule has 0 aliphatic rings. The van der Waals surface area contributed by atoms with Crippen LogP contribution >= 0.6 is 0 Å². The number of hydrogen-bond acceptors (Lipinski definition) is 2. The first-order valence-electron chi connectivity index (χ1n) is 5.87. The summed E-state index contributed by atoms with van der Waals surface area (Å²) < 4.78 is 23.5. The summed E-state index contributed by atoms with van der Waals surface area (Å²) in [6, 6.07) is 0. The zero-order chi connectivity index (χ0) is 13.4. The van der Waals surface area contributed by atoms with E-state index in [0.29, 0.717) is 23.3 Å². The van der Waals surface area contributed by atoms with Crippen LogP contribution in [0.3, 0.4) is 0 Å². The van der Waals surface area contributed by atoms with Crippen molar-refractivity contribution in [2.24, 2.45) is 11.8 Å². The number of nitrogens with zero attached hydrogens (tertiary/aromatic N) is 2.